The molecule has 0 rings (SSSR count). The van der Waals surface area contributed by atoms with Crippen molar-refractivity contribution in [3.05, 3.63) is 0 Å². The van der Waals surface area contributed by atoms with E-state index in [4.69, 9.17) is 10.2 Å². The molecule has 9 heteroatoms. The normalized spacial score (nSPS) is 10.2. The van der Waals surface area contributed by atoms with E-state index in [0.717, 1.165) is 0 Å². The van der Waals surface area contributed by atoms with Crippen LogP contribution in [0.2, 0.25) is 0 Å². The van der Waals surface area contributed by atoms with Gasteiger partial charge < -0.3 is 15.7 Å². The van der Waals surface area contributed by atoms with Gasteiger partial charge in [0.1, 0.15) is 39.6 Å². The summed E-state index contributed by atoms with van der Waals surface area (Å²) < 4.78 is 0. The van der Waals surface area contributed by atoms with Gasteiger partial charge in [-0.15, -0.1) is 0 Å². The molecule has 0 heterocycles. The van der Waals surface area contributed by atoms with E-state index in [2.05, 4.69) is 29.3 Å². The second-order valence-corrected chi connectivity index (χ2v) is 2.38. The van der Waals surface area contributed by atoms with Crippen LogP contribution < -0.4 is 0 Å². The SMILES string of the molecule is O.OCCOOCCOOCCOOCCO. The van der Waals surface area contributed by atoms with E-state index in [1.807, 2.05) is 0 Å². The lowest BCUT2D eigenvalue weighted by molar-refractivity contribution is -0.359. The van der Waals surface area contributed by atoms with Crippen LogP contribution in [-0.2, 0) is 29.3 Å². The molecule has 0 aliphatic rings. The molecule has 0 unspecified atom stereocenters. The van der Waals surface area contributed by atoms with E-state index in [0.29, 0.717) is 0 Å². The van der Waals surface area contributed by atoms with Crippen LogP contribution in [-0.4, -0.2) is 68.5 Å². The molecule has 0 aliphatic heterocycles. The highest BCUT2D eigenvalue weighted by atomic mass is 17.2. The molecule has 0 amide bonds. The van der Waals surface area contributed by atoms with Gasteiger partial charge in [-0.1, -0.05) is 0 Å². The molecular weight excluding hydrogens is 240 g/mol. The fourth-order valence-electron chi connectivity index (χ4n) is 0.564. The lowest BCUT2D eigenvalue weighted by Crippen LogP contribution is -2.11. The molecule has 0 atom stereocenters. The van der Waals surface area contributed by atoms with Gasteiger partial charge in [-0.25, -0.2) is 29.3 Å². The van der Waals surface area contributed by atoms with Crippen LogP contribution in [0.25, 0.3) is 0 Å². The molecule has 0 saturated carbocycles. The summed E-state index contributed by atoms with van der Waals surface area (Å²) in [4.78, 5) is 27.5. The number of aliphatic hydroxyl groups excluding tert-OH is 2. The van der Waals surface area contributed by atoms with Crippen molar-refractivity contribution in [2.45, 2.75) is 0 Å². The molecule has 17 heavy (non-hydrogen) atoms. The Morgan fingerprint density at radius 2 is 0.706 bits per heavy atom. The van der Waals surface area contributed by atoms with E-state index in [1.165, 1.54) is 0 Å². The Labute approximate surface area is 98.8 Å². The first-order valence-electron chi connectivity index (χ1n) is 4.86. The van der Waals surface area contributed by atoms with Crippen molar-refractivity contribution >= 4 is 0 Å². The lowest BCUT2D eigenvalue weighted by atomic mass is 10.8. The molecule has 0 fully saturated rings. The Morgan fingerprint density at radius 1 is 0.471 bits per heavy atom. The predicted molar refractivity (Wildman–Crippen MR) is 53.5 cm³/mol. The maximum Gasteiger partial charge on any atom is 0.109 e. The predicted octanol–water partition coefficient (Wildman–Crippen LogP) is -2.01. The number of rotatable bonds is 13. The van der Waals surface area contributed by atoms with Gasteiger partial charge in [-0.2, -0.15) is 0 Å². The van der Waals surface area contributed by atoms with Gasteiger partial charge in [0.25, 0.3) is 0 Å². The summed E-state index contributed by atoms with van der Waals surface area (Å²) in [6, 6.07) is 0. The smallest absolute Gasteiger partial charge is 0.109 e. The third kappa shape index (κ3) is 18.2. The molecular formula is C8H20O9. The standard InChI is InChI=1S/C8H18O8.H2O/c9-1-3-11-13-5-7-15-16-8-6-14-12-4-2-10;/h9-10H,1-8H2;1H2. The molecule has 0 aliphatic carbocycles. The van der Waals surface area contributed by atoms with Gasteiger partial charge in [0.2, 0.25) is 0 Å². The van der Waals surface area contributed by atoms with E-state index in [1.54, 1.807) is 0 Å². The van der Waals surface area contributed by atoms with Gasteiger partial charge >= 0.3 is 0 Å². The van der Waals surface area contributed by atoms with E-state index >= 15 is 0 Å². The first kappa shape index (κ1) is 19.0. The summed E-state index contributed by atoms with van der Waals surface area (Å²) in [5.74, 6) is 0. The van der Waals surface area contributed by atoms with Gasteiger partial charge in [-0.05, 0) is 0 Å². The molecule has 0 saturated heterocycles. The summed E-state index contributed by atoms with van der Waals surface area (Å²) in [6.07, 6.45) is 0. The van der Waals surface area contributed by atoms with Crippen molar-refractivity contribution in [1.29, 1.82) is 0 Å². The minimum absolute atomic E-state index is 0. The lowest BCUT2D eigenvalue weighted by Gasteiger charge is -2.04. The Morgan fingerprint density at radius 3 is 0.941 bits per heavy atom. The third-order valence-corrected chi connectivity index (χ3v) is 1.10. The monoisotopic (exact) mass is 260 g/mol. The highest BCUT2D eigenvalue weighted by Gasteiger charge is 1.93. The second-order valence-electron chi connectivity index (χ2n) is 2.38. The van der Waals surface area contributed by atoms with Crippen LogP contribution in [0, 0.1) is 0 Å². The summed E-state index contributed by atoms with van der Waals surface area (Å²) in [6.45, 7) is 0.842. The van der Waals surface area contributed by atoms with E-state index < -0.39 is 0 Å². The van der Waals surface area contributed by atoms with Crippen LogP contribution in [0.5, 0.6) is 0 Å². The van der Waals surface area contributed by atoms with Crippen molar-refractivity contribution in [2.24, 2.45) is 0 Å². The Hall–Kier alpha value is -0.360. The zero-order valence-corrected chi connectivity index (χ0v) is 9.50. The number of aliphatic hydroxyl groups is 2. The van der Waals surface area contributed by atoms with Crippen LogP contribution in [0.15, 0.2) is 0 Å². The maximum absolute atomic E-state index is 8.33. The maximum atomic E-state index is 8.33. The van der Waals surface area contributed by atoms with E-state index in [9.17, 15) is 0 Å². The first-order valence-corrected chi connectivity index (χ1v) is 4.86. The molecule has 0 radical (unpaired) electrons. The van der Waals surface area contributed by atoms with Crippen LogP contribution in [0.1, 0.15) is 0 Å². The van der Waals surface area contributed by atoms with Crippen molar-refractivity contribution in [3.63, 3.8) is 0 Å². The van der Waals surface area contributed by atoms with Crippen LogP contribution >= 0.6 is 0 Å². The van der Waals surface area contributed by atoms with Crippen molar-refractivity contribution in [2.75, 3.05) is 52.9 Å². The number of hydrogen-bond donors (Lipinski definition) is 2. The quantitative estimate of drug-likeness (QED) is 0.221. The zero-order valence-electron chi connectivity index (χ0n) is 9.50. The highest BCUT2D eigenvalue weighted by molar-refractivity contribution is 4.21. The van der Waals surface area contributed by atoms with Crippen LogP contribution in [0.4, 0.5) is 0 Å². The largest absolute Gasteiger partial charge is 0.412 e. The topological polar surface area (TPSA) is 127 Å². The summed E-state index contributed by atoms with van der Waals surface area (Å²) in [5, 5.41) is 16.7. The molecule has 0 spiro atoms. The molecule has 0 bridgehead atoms. The molecule has 0 aromatic carbocycles. The minimum Gasteiger partial charge on any atom is -0.412 e. The average Bonchev–Trinajstić information content (AvgIpc) is 2.31. The van der Waals surface area contributed by atoms with Crippen LogP contribution in [0.3, 0.4) is 0 Å². The summed E-state index contributed by atoms with van der Waals surface area (Å²) in [5.41, 5.74) is 0. The molecule has 0 aromatic heterocycles. The fraction of sp³-hybridized carbons (Fsp3) is 1.00. The van der Waals surface area contributed by atoms with Gasteiger partial charge in [0, 0.05) is 0 Å². The second kappa shape index (κ2) is 18.0. The molecule has 0 aromatic rings. The van der Waals surface area contributed by atoms with Gasteiger partial charge in [-0.3, -0.25) is 0 Å². The molecule has 106 valence electrons. The van der Waals surface area contributed by atoms with Crippen molar-refractivity contribution in [3.8, 4) is 0 Å². The minimum atomic E-state index is -0.0947. The summed E-state index contributed by atoms with van der Waals surface area (Å²) >= 11 is 0. The number of hydrogen-bond acceptors (Lipinski definition) is 8. The molecule has 9 nitrogen and oxygen atoms in total. The van der Waals surface area contributed by atoms with E-state index in [-0.39, 0.29) is 58.3 Å². The third-order valence-electron chi connectivity index (χ3n) is 1.10. The highest BCUT2D eigenvalue weighted by Crippen LogP contribution is 1.84. The fourth-order valence-corrected chi connectivity index (χ4v) is 0.564. The summed E-state index contributed by atoms with van der Waals surface area (Å²) in [7, 11) is 0. The molecule has 4 N–H and O–H groups in total. The zero-order chi connectivity index (χ0) is 11.9. The average molecular weight is 260 g/mol. The first-order chi connectivity index (χ1) is 7.91. The van der Waals surface area contributed by atoms with Crippen molar-refractivity contribution in [1.82, 2.24) is 0 Å². The Bertz CT molecular complexity index is 110. The van der Waals surface area contributed by atoms with Crippen molar-refractivity contribution < 1.29 is 45.0 Å². The Balaban J connectivity index is 0. The van der Waals surface area contributed by atoms with Gasteiger partial charge in [0.15, 0.2) is 0 Å². The Kier molecular flexibility index (Phi) is 20.1. The van der Waals surface area contributed by atoms with Gasteiger partial charge in [0.05, 0.1) is 13.2 Å².